The van der Waals surface area contributed by atoms with E-state index in [0.29, 0.717) is 16.9 Å². The van der Waals surface area contributed by atoms with E-state index in [1.807, 2.05) is 0 Å². The van der Waals surface area contributed by atoms with Crippen LogP contribution in [-0.2, 0) is 12.7 Å². The van der Waals surface area contributed by atoms with Crippen molar-refractivity contribution in [3.8, 4) is 5.69 Å². The first-order chi connectivity index (χ1) is 11.7. The number of aromatic nitrogens is 4. The van der Waals surface area contributed by atoms with Gasteiger partial charge in [0.05, 0.1) is 17.9 Å². The second kappa shape index (κ2) is 6.15. The lowest BCUT2D eigenvalue weighted by molar-refractivity contribution is -0.141. The molecule has 0 spiro atoms. The van der Waals surface area contributed by atoms with Gasteiger partial charge in [0.1, 0.15) is 5.82 Å². The highest BCUT2D eigenvalue weighted by Gasteiger charge is 2.33. The molecule has 2 aromatic heterocycles. The van der Waals surface area contributed by atoms with Crippen molar-refractivity contribution in [3.05, 3.63) is 75.7 Å². The molecule has 25 heavy (non-hydrogen) atoms. The minimum atomic E-state index is -4.53. The summed E-state index contributed by atoms with van der Waals surface area (Å²) in [5.41, 5.74) is -0.182. The van der Waals surface area contributed by atoms with Crippen molar-refractivity contribution in [2.45, 2.75) is 19.6 Å². The van der Waals surface area contributed by atoms with Crippen LogP contribution >= 0.6 is 0 Å². The van der Waals surface area contributed by atoms with Gasteiger partial charge in [-0.05, 0) is 42.8 Å². The third-order valence-corrected chi connectivity index (χ3v) is 3.54. The SMILES string of the molecule is Cc1cc(=O)n(-c2ccc(F)cc2)nc1Cn1ccc(C(F)(F)F)n1. The highest BCUT2D eigenvalue weighted by atomic mass is 19.4. The Morgan fingerprint density at radius 3 is 2.36 bits per heavy atom. The molecule has 0 saturated carbocycles. The maximum absolute atomic E-state index is 13.0. The van der Waals surface area contributed by atoms with E-state index in [0.717, 1.165) is 15.4 Å². The minimum absolute atomic E-state index is 0.0383. The van der Waals surface area contributed by atoms with Gasteiger partial charge in [-0.2, -0.15) is 28.1 Å². The lowest BCUT2D eigenvalue weighted by Crippen LogP contribution is -2.23. The standard InChI is InChI=1S/C16H12F4N4O/c1-10-8-15(25)24(12-4-2-11(17)3-5-12)21-13(10)9-23-7-6-14(22-23)16(18,19)20/h2-8H,9H2,1H3. The van der Waals surface area contributed by atoms with Crippen LogP contribution in [0.5, 0.6) is 0 Å². The molecule has 0 N–H and O–H groups in total. The number of aryl methyl sites for hydroxylation is 1. The largest absolute Gasteiger partial charge is 0.435 e. The van der Waals surface area contributed by atoms with Crippen molar-refractivity contribution < 1.29 is 17.6 Å². The molecule has 0 atom stereocenters. The van der Waals surface area contributed by atoms with Crippen molar-refractivity contribution >= 4 is 0 Å². The van der Waals surface area contributed by atoms with Crippen molar-refractivity contribution in [2.24, 2.45) is 0 Å². The number of rotatable bonds is 3. The van der Waals surface area contributed by atoms with Gasteiger partial charge < -0.3 is 0 Å². The molecule has 0 unspecified atom stereocenters. The Hall–Kier alpha value is -2.97. The molecule has 9 heteroatoms. The van der Waals surface area contributed by atoms with Crippen LogP contribution in [0.25, 0.3) is 5.69 Å². The van der Waals surface area contributed by atoms with Gasteiger partial charge in [0.25, 0.3) is 5.56 Å². The third-order valence-electron chi connectivity index (χ3n) is 3.54. The van der Waals surface area contributed by atoms with E-state index in [9.17, 15) is 22.4 Å². The molecule has 0 amide bonds. The predicted octanol–water partition coefficient (Wildman–Crippen LogP) is 2.94. The van der Waals surface area contributed by atoms with E-state index < -0.39 is 23.2 Å². The summed E-state index contributed by atoms with van der Waals surface area (Å²) in [5.74, 6) is -0.458. The smallest absolute Gasteiger partial charge is 0.267 e. The molecule has 0 aliphatic carbocycles. The molecule has 1 aromatic carbocycles. The maximum Gasteiger partial charge on any atom is 0.435 e. The van der Waals surface area contributed by atoms with E-state index in [2.05, 4.69) is 10.2 Å². The predicted molar refractivity (Wildman–Crippen MR) is 80.9 cm³/mol. The second-order valence-electron chi connectivity index (χ2n) is 5.40. The number of halogens is 4. The zero-order valence-corrected chi connectivity index (χ0v) is 13.0. The Kier molecular flexibility index (Phi) is 4.15. The van der Waals surface area contributed by atoms with E-state index in [1.165, 1.54) is 36.5 Å². The van der Waals surface area contributed by atoms with Crippen molar-refractivity contribution in [2.75, 3.05) is 0 Å². The molecule has 0 aliphatic rings. The van der Waals surface area contributed by atoms with E-state index in [1.54, 1.807) is 6.92 Å². The maximum atomic E-state index is 13.0. The van der Waals surface area contributed by atoms with Crippen molar-refractivity contribution in [1.29, 1.82) is 0 Å². The molecule has 3 aromatic rings. The first-order valence-electron chi connectivity index (χ1n) is 7.20. The van der Waals surface area contributed by atoms with Crippen LogP contribution in [0.15, 0.2) is 47.4 Å². The number of alkyl halides is 3. The van der Waals surface area contributed by atoms with Gasteiger partial charge in [0, 0.05) is 12.3 Å². The van der Waals surface area contributed by atoms with Gasteiger partial charge in [-0.1, -0.05) is 0 Å². The number of nitrogens with zero attached hydrogens (tertiary/aromatic N) is 4. The molecule has 0 aliphatic heterocycles. The first kappa shape index (κ1) is 16.9. The average Bonchev–Trinajstić information content (AvgIpc) is 3.00. The Morgan fingerprint density at radius 2 is 1.76 bits per heavy atom. The second-order valence-corrected chi connectivity index (χ2v) is 5.40. The van der Waals surface area contributed by atoms with E-state index >= 15 is 0 Å². The lowest BCUT2D eigenvalue weighted by atomic mass is 10.2. The summed E-state index contributed by atoms with van der Waals surface area (Å²) in [7, 11) is 0. The minimum Gasteiger partial charge on any atom is -0.267 e. The molecule has 0 saturated heterocycles. The Morgan fingerprint density at radius 1 is 1.08 bits per heavy atom. The third kappa shape index (κ3) is 3.59. The summed E-state index contributed by atoms with van der Waals surface area (Å²) in [6.07, 6.45) is -3.34. The fourth-order valence-electron chi connectivity index (χ4n) is 2.26. The van der Waals surface area contributed by atoms with Crippen LogP contribution in [0, 0.1) is 12.7 Å². The number of benzene rings is 1. The molecule has 130 valence electrons. The average molecular weight is 352 g/mol. The monoisotopic (exact) mass is 352 g/mol. The van der Waals surface area contributed by atoms with Gasteiger partial charge >= 0.3 is 6.18 Å². The number of hydrogen-bond donors (Lipinski definition) is 0. The Bertz CT molecular complexity index is 958. The van der Waals surface area contributed by atoms with Crippen molar-refractivity contribution in [3.63, 3.8) is 0 Å². The highest BCUT2D eigenvalue weighted by molar-refractivity contribution is 5.31. The summed E-state index contributed by atoms with van der Waals surface area (Å²) in [4.78, 5) is 12.1. The molecule has 0 fully saturated rings. The highest BCUT2D eigenvalue weighted by Crippen LogP contribution is 2.27. The summed E-state index contributed by atoms with van der Waals surface area (Å²) in [6.45, 7) is 1.59. The van der Waals surface area contributed by atoms with Gasteiger partial charge in [-0.3, -0.25) is 9.48 Å². The molecule has 0 bridgehead atoms. The van der Waals surface area contributed by atoms with Gasteiger partial charge in [0.15, 0.2) is 5.69 Å². The Labute approximate surface area is 139 Å². The fourth-order valence-corrected chi connectivity index (χ4v) is 2.26. The zero-order chi connectivity index (χ0) is 18.2. The van der Waals surface area contributed by atoms with Crippen LogP contribution in [0.3, 0.4) is 0 Å². The first-order valence-corrected chi connectivity index (χ1v) is 7.20. The topological polar surface area (TPSA) is 52.7 Å². The molecule has 5 nitrogen and oxygen atoms in total. The number of hydrogen-bond acceptors (Lipinski definition) is 3. The lowest BCUT2D eigenvalue weighted by Gasteiger charge is -2.10. The van der Waals surface area contributed by atoms with Gasteiger partial charge in [-0.25, -0.2) is 4.39 Å². The summed E-state index contributed by atoms with van der Waals surface area (Å²) in [5, 5.41) is 7.65. The van der Waals surface area contributed by atoms with Gasteiger partial charge in [0.2, 0.25) is 0 Å². The molecular weight excluding hydrogens is 340 g/mol. The molecule has 2 heterocycles. The molecular formula is C16H12F4N4O. The molecule has 0 radical (unpaired) electrons. The van der Waals surface area contributed by atoms with Gasteiger partial charge in [-0.15, -0.1) is 0 Å². The summed E-state index contributed by atoms with van der Waals surface area (Å²) < 4.78 is 53.0. The van der Waals surface area contributed by atoms with Crippen LogP contribution in [0.2, 0.25) is 0 Å². The zero-order valence-electron chi connectivity index (χ0n) is 13.0. The normalized spacial score (nSPS) is 11.7. The van der Waals surface area contributed by atoms with Crippen LogP contribution in [0.4, 0.5) is 17.6 Å². The van der Waals surface area contributed by atoms with Crippen LogP contribution in [0.1, 0.15) is 17.0 Å². The van der Waals surface area contributed by atoms with Crippen LogP contribution in [-0.4, -0.2) is 19.6 Å². The Balaban J connectivity index is 1.97. The van der Waals surface area contributed by atoms with Crippen LogP contribution < -0.4 is 5.56 Å². The molecule has 3 rings (SSSR count). The summed E-state index contributed by atoms with van der Waals surface area (Å²) >= 11 is 0. The van der Waals surface area contributed by atoms with E-state index in [-0.39, 0.29) is 6.54 Å². The summed E-state index contributed by atoms with van der Waals surface area (Å²) in [6, 6.07) is 7.33. The van der Waals surface area contributed by atoms with E-state index in [4.69, 9.17) is 0 Å². The fraction of sp³-hybridized carbons (Fsp3) is 0.188. The quantitative estimate of drug-likeness (QED) is 0.681. The van der Waals surface area contributed by atoms with Crippen molar-refractivity contribution in [1.82, 2.24) is 19.6 Å².